The zero-order valence-electron chi connectivity index (χ0n) is 11.7. The zero-order valence-corrected chi connectivity index (χ0v) is 12.5. The third kappa shape index (κ3) is 4.49. The molecule has 0 saturated carbocycles. The molecule has 2 aromatic rings. The first-order valence-corrected chi connectivity index (χ1v) is 7.38. The van der Waals surface area contributed by atoms with E-state index in [1.165, 1.54) is 23.9 Å². The number of carbonyl (C=O) groups excluding carboxylic acids is 1. The predicted molar refractivity (Wildman–Crippen MR) is 80.8 cm³/mol. The van der Waals surface area contributed by atoms with E-state index in [1.54, 1.807) is 12.1 Å². The lowest BCUT2D eigenvalue weighted by Crippen LogP contribution is -2.13. The molecule has 0 saturated heterocycles. The minimum absolute atomic E-state index is 0.126. The van der Waals surface area contributed by atoms with Crippen LogP contribution in [0.1, 0.15) is 25.5 Å². The number of nitrogens with two attached hydrogens (primary N) is 1. The predicted octanol–water partition coefficient (Wildman–Crippen LogP) is 3.25. The number of aromatic nitrogens is 1. The topological polar surface area (TPSA) is 81.2 Å². The molecule has 2 rings (SSSR count). The van der Waals surface area contributed by atoms with Crippen LogP contribution in [0.3, 0.4) is 0 Å². The van der Waals surface area contributed by atoms with E-state index in [0.717, 1.165) is 5.69 Å². The van der Waals surface area contributed by atoms with Gasteiger partial charge in [-0.3, -0.25) is 10.1 Å². The van der Waals surface area contributed by atoms with E-state index in [2.05, 4.69) is 10.5 Å². The Morgan fingerprint density at radius 2 is 2.19 bits per heavy atom. The smallest absolute Gasteiger partial charge is 0.237 e. The molecule has 0 spiro atoms. The van der Waals surface area contributed by atoms with Gasteiger partial charge in [0.15, 0.2) is 0 Å². The Balaban J connectivity index is 1.89. The molecule has 0 aliphatic carbocycles. The minimum atomic E-state index is -0.422. The van der Waals surface area contributed by atoms with Crippen LogP contribution in [0.25, 0.3) is 0 Å². The van der Waals surface area contributed by atoms with Crippen LogP contribution < -0.4 is 11.1 Å². The van der Waals surface area contributed by atoms with Crippen molar-refractivity contribution in [3.05, 3.63) is 35.8 Å². The molecule has 1 aromatic heterocycles. The fourth-order valence-electron chi connectivity index (χ4n) is 1.61. The van der Waals surface area contributed by atoms with Crippen LogP contribution in [0.2, 0.25) is 0 Å². The molecule has 3 N–H and O–H groups in total. The Kier molecular flexibility index (Phi) is 4.85. The summed E-state index contributed by atoms with van der Waals surface area (Å²) in [4.78, 5) is 12.4. The Morgan fingerprint density at radius 1 is 1.43 bits per heavy atom. The van der Waals surface area contributed by atoms with Gasteiger partial charge in [-0.2, -0.15) is 0 Å². The summed E-state index contributed by atoms with van der Waals surface area (Å²) in [7, 11) is 0. The zero-order chi connectivity index (χ0) is 15.4. The van der Waals surface area contributed by atoms with E-state index < -0.39 is 5.82 Å². The van der Waals surface area contributed by atoms with Crippen molar-refractivity contribution in [2.45, 2.75) is 24.7 Å². The van der Waals surface area contributed by atoms with Crippen molar-refractivity contribution in [2.75, 3.05) is 16.8 Å². The number of halogens is 1. The van der Waals surface area contributed by atoms with Crippen LogP contribution in [0.5, 0.6) is 0 Å². The first-order valence-electron chi connectivity index (χ1n) is 6.39. The number of rotatable bonds is 5. The van der Waals surface area contributed by atoms with Gasteiger partial charge in [-0.25, -0.2) is 4.39 Å². The quantitative estimate of drug-likeness (QED) is 0.654. The summed E-state index contributed by atoms with van der Waals surface area (Å²) in [5.41, 5.74) is 6.65. The molecular weight excluding hydrogens is 293 g/mol. The summed E-state index contributed by atoms with van der Waals surface area (Å²) in [6.07, 6.45) is 0. The van der Waals surface area contributed by atoms with Crippen molar-refractivity contribution in [3.63, 3.8) is 0 Å². The maximum atomic E-state index is 13.2. The van der Waals surface area contributed by atoms with Gasteiger partial charge in [0.25, 0.3) is 0 Å². The second-order valence-electron chi connectivity index (χ2n) is 4.83. The normalized spacial score (nSPS) is 10.9. The lowest BCUT2D eigenvalue weighted by Gasteiger charge is -2.03. The number of nitrogens with zero attached hydrogens (tertiary/aromatic N) is 1. The van der Waals surface area contributed by atoms with Gasteiger partial charge < -0.3 is 10.3 Å². The molecule has 0 atom stereocenters. The van der Waals surface area contributed by atoms with E-state index in [4.69, 9.17) is 10.3 Å². The average Bonchev–Trinajstić information content (AvgIpc) is 2.84. The van der Waals surface area contributed by atoms with Crippen molar-refractivity contribution < 1.29 is 13.7 Å². The van der Waals surface area contributed by atoms with Crippen molar-refractivity contribution in [1.82, 2.24) is 5.16 Å². The lowest BCUT2D eigenvalue weighted by molar-refractivity contribution is -0.113. The van der Waals surface area contributed by atoms with Gasteiger partial charge in [-0.15, -0.1) is 11.8 Å². The van der Waals surface area contributed by atoms with Gasteiger partial charge in [0.05, 0.1) is 11.4 Å². The number of hydrogen-bond donors (Lipinski definition) is 2. The maximum Gasteiger partial charge on any atom is 0.237 e. The summed E-state index contributed by atoms with van der Waals surface area (Å²) < 4.78 is 18.2. The highest BCUT2D eigenvalue weighted by Gasteiger charge is 2.11. The molecule has 7 heteroatoms. The maximum absolute atomic E-state index is 13.2. The minimum Gasteiger partial charge on any atom is -0.399 e. The largest absolute Gasteiger partial charge is 0.399 e. The van der Waals surface area contributed by atoms with Crippen molar-refractivity contribution in [2.24, 2.45) is 0 Å². The summed E-state index contributed by atoms with van der Waals surface area (Å²) >= 11 is 1.20. The van der Waals surface area contributed by atoms with Crippen LogP contribution in [0.4, 0.5) is 16.0 Å². The van der Waals surface area contributed by atoms with Gasteiger partial charge in [-0.05, 0) is 24.1 Å². The molecule has 1 aromatic carbocycles. The van der Waals surface area contributed by atoms with Crippen molar-refractivity contribution in [1.29, 1.82) is 0 Å². The highest BCUT2D eigenvalue weighted by molar-refractivity contribution is 8.00. The van der Waals surface area contributed by atoms with E-state index in [0.29, 0.717) is 16.5 Å². The van der Waals surface area contributed by atoms with Gasteiger partial charge in [0, 0.05) is 16.6 Å². The number of benzene rings is 1. The second-order valence-corrected chi connectivity index (χ2v) is 5.88. The van der Waals surface area contributed by atoms with E-state index in [9.17, 15) is 9.18 Å². The molecule has 0 radical (unpaired) electrons. The van der Waals surface area contributed by atoms with E-state index in [-0.39, 0.29) is 17.6 Å². The summed E-state index contributed by atoms with van der Waals surface area (Å²) in [6, 6.07) is 5.87. The number of nitrogens with one attached hydrogen (secondary N) is 1. The molecule has 5 nitrogen and oxygen atoms in total. The molecule has 21 heavy (non-hydrogen) atoms. The number of nitrogen functional groups attached to an aromatic ring is 1. The number of anilines is 2. The molecule has 1 amide bonds. The number of hydrogen-bond acceptors (Lipinski definition) is 5. The summed E-state index contributed by atoms with van der Waals surface area (Å²) in [6.45, 7) is 3.96. The molecule has 1 heterocycles. The van der Waals surface area contributed by atoms with Crippen LogP contribution in [0.15, 0.2) is 33.7 Å². The second kappa shape index (κ2) is 6.62. The first kappa shape index (κ1) is 15.4. The monoisotopic (exact) mass is 309 g/mol. The molecule has 0 aliphatic rings. The van der Waals surface area contributed by atoms with Gasteiger partial charge in [0.2, 0.25) is 11.8 Å². The van der Waals surface area contributed by atoms with Crippen LogP contribution >= 0.6 is 11.8 Å². The molecule has 112 valence electrons. The molecule has 0 aliphatic heterocycles. The van der Waals surface area contributed by atoms with Crippen LogP contribution in [-0.4, -0.2) is 16.8 Å². The fourth-order valence-corrected chi connectivity index (χ4v) is 2.40. The van der Waals surface area contributed by atoms with Gasteiger partial charge >= 0.3 is 0 Å². The van der Waals surface area contributed by atoms with Gasteiger partial charge in [0.1, 0.15) is 5.82 Å². The molecule has 0 unspecified atom stereocenters. The SMILES string of the molecule is CC(C)c1cc(NC(=O)CSc2cc(N)cc(F)c2)on1. The van der Waals surface area contributed by atoms with Crippen molar-refractivity contribution >= 4 is 29.2 Å². The van der Waals surface area contributed by atoms with E-state index >= 15 is 0 Å². The third-order valence-electron chi connectivity index (χ3n) is 2.65. The molecular formula is C14H16FN3O2S. The standard InChI is InChI=1S/C14H16FN3O2S/c1-8(2)12-6-14(20-18-12)17-13(19)7-21-11-4-9(15)3-10(16)5-11/h3-6,8H,7,16H2,1-2H3,(H,17,19). The highest BCUT2D eigenvalue weighted by atomic mass is 32.2. The van der Waals surface area contributed by atoms with Crippen LogP contribution in [-0.2, 0) is 4.79 Å². The summed E-state index contributed by atoms with van der Waals surface area (Å²) in [5, 5.41) is 6.45. The molecule has 0 bridgehead atoms. The summed E-state index contributed by atoms with van der Waals surface area (Å²) in [5.74, 6) is -0.0169. The number of carbonyl (C=O) groups is 1. The number of thioether (sulfide) groups is 1. The average molecular weight is 309 g/mol. The molecule has 0 fully saturated rings. The first-order chi connectivity index (χ1) is 9.94. The van der Waals surface area contributed by atoms with Gasteiger partial charge in [-0.1, -0.05) is 19.0 Å². The Morgan fingerprint density at radius 3 is 2.81 bits per heavy atom. The Hall–Kier alpha value is -2.02. The van der Waals surface area contributed by atoms with Crippen LogP contribution in [0, 0.1) is 5.82 Å². The number of amides is 1. The Bertz CT molecular complexity index is 623. The third-order valence-corrected chi connectivity index (χ3v) is 3.62. The fraction of sp³-hybridized carbons (Fsp3) is 0.286. The highest BCUT2D eigenvalue weighted by Crippen LogP contribution is 2.23. The van der Waals surface area contributed by atoms with Crippen molar-refractivity contribution in [3.8, 4) is 0 Å². The Labute approximate surface area is 126 Å². The van der Waals surface area contributed by atoms with E-state index in [1.807, 2.05) is 13.8 Å². The lowest BCUT2D eigenvalue weighted by atomic mass is 10.1.